The molecule has 1 atom stereocenters. The Balaban J connectivity index is 2.57. The first-order chi connectivity index (χ1) is 7.99. The molecule has 1 unspecified atom stereocenters. The molecule has 17 heavy (non-hydrogen) atoms. The smallest absolute Gasteiger partial charge is 0.236 e. The Bertz CT molecular complexity index is 375. The average molecular weight is 235 g/mol. The third kappa shape index (κ3) is 4.97. The average Bonchev–Trinajstić information content (AvgIpc) is 2.25. The van der Waals surface area contributed by atoms with E-state index in [-0.39, 0.29) is 5.91 Å². The molecule has 0 spiro atoms. The highest BCUT2D eigenvalue weighted by molar-refractivity contribution is 5.80. The van der Waals surface area contributed by atoms with E-state index in [1.165, 1.54) is 5.56 Å². The zero-order valence-electron chi connectivity index (χ0n) is 10.7. The number of benzene rings is 1. The predicted octanol–water partition coefficient (Wildman–Crippen LogP) is 0.712. The zero-order chi connectivity index (χ0) is 12.8. The summed E-state index contributed by atoms with van der Waals surface area (Å²) in [5, 5.41) is 2.80. The third-order valence-corrected chi connectivity index (χ3v) is 2.37. The monoisotopic (exact) mass is 235 g/mol. The largest absolute Gasteiger partial charge is 0.351 e. The van der Waals surface area contributed by atoms with Crippen molar-refractivity contribution in [2.45, 2.75) is 26.1 Å². The normalized spacial score (nSPS) is 12.5. The fourth-order valence-electron chi connectivity index (χ4n) is 1.55. The molecule has 0 fully saturated rings. The summed E-state index contributed by atoms with van der Waals surface area (Å²) in [7, 11) is 4.06. The maximum Gasteiger partial charge on any atom is 0.236 e. The quantitative estimate of drug-likeness (QED) is 0.790. The van der Waals surface area contributed by atoms with Crippen molar-refractivity contribution in [3.8, 4) is 0 Å². The van der Waals surface area contributed by atoms with E-state index in [9.17, 15) is 4.79 Å². The fraction of sp³-hybridized carbons (Fsp3) is 0.462. The number of hydrogen-bond acceptors (Lipinski definition) is 3. The highest BCUT2D eigenvalue weighted by Crippen LogP contribution is 2.06. The van der Waals surface area contributed by atoms with E-state index in [0.29, 0.717) is 6.54 Å². The summed E-state index contributed by atoms with van der Waals surface area (Å²) in [5.41, 5.74) is 7.81. The second-order valence-corrected chi connectivity index (χ2v) is 4.56. The number of nitrogens with one attached hydrogen (secondary N) is 1. The van der Waals surface area contributed by atoms with Gasteiger partial charge in [0.25, 0.3) is 0 Å². The van der Waals surface area contributed by atoms with Crippen LogP contribution in [0.5, 0.6) is 0 Å². The van der Waals surface area contributed by atoms with Crippen LogP contribution in [0.3, 0.4) is 0 Å². The maximum absolute atomic E-state index is 11.3. The lowest BCUT2D eigenvalue weighted by molar-refractivity contribution is -0.122. The molecule has 1 aromatic carbocycles. The summed E-state index contributed by atoms with van der Waals surface area (Å²) >= 11 is 0. The summed E-state index contributed by atoms with van der Waals surface area (Å²) in [6, 6.07) is 7.73. The van der Waals surface area contributed by atoms with E-state index in [1.807, 2.05) is 26.2 Å². The number of carbonyl (C=O) groups excluding carboxylic acids is 1. The minimum absolute atomic E-state index is 0.122. The van der Waals surface area contributed by atoms with E-state index in [0.717, 1.165) is 12.1 Å². The SMILES string of the molecule is CC(N)C(=O)NCc1cccc(CN(C)C)c1. The van der Waals surface area contributed by atoms with Gasteiger partial charge in [-0.1, -0.05) is 24.3 Å². The molecule has 0 bridgehead atoms. The Kier molecular flexibility index (Phi) is 5.12. The molecule has 0 heterocycles. The van der Waals surface area contributed by atoms with Crippen LogP contribution in [0.15, 0.2) is 24.3 Å². The first-order valence-corrected chi connectivity index (χ1v) is 5.75. The van der Waals surface area contributed by atoms with Crippen LogP contribution in [0.25, 0.3) is 0 Å². The van der Waals surface area contributed by atoms with Crippen LogP contribution in [0, 0.1) is 0 Å². The van der Waals surface area contributed by atoms with Gasteiger partial charge >= 0.3 is 0 Å². The van der Waals surface area contributed by atoms with E-state index in [4.69, 9.17) is 5.73 Å². The van der Waals surface area contributed by atoms with Crippen LogP contribution in [0.4, 0.5) is 0 Å². The van der Waals surface area contributed by atoms with Crippen LogP contribution in [0.1, 0.15) is 18.1 Å². The molecule has 0 aliphatic carbocycles. The Morgan fingerprint density at radius 1 is 1.41 bits per heavy atom. The topological polar surface area (TPSA) is 58.4 Å². The Hall–Kier alpha value is -1.39. The summed E-state index contributed by atoms with van der Waals surface area (Å²) in [6.45, 7) is 3.11. The van der Waals surface area contributed by atoms with Crippen molar-refractivity contribution in [3.63, 3.8) is 0 Å². The summed E-state index contributed by atoms with van der Waals surface area (Å²) < 4.78 is 0. The number of carbonyl (C=O) groups is 1. The molecule has 0 aliphatic rings. The summed E-state index contributed by atoms with van der Waals surface area (Å²) in [5.74, 6) is -0.122. The van der Waals surface area contributed by atoms with Gasteiger partial charge in [-0.05, 0) is 32.1 Å². The van der Waals surface area contributed by atoms with Gasteiger partial charge in [-0.15, -0.1) is 0 Å². The summed E-state index contributed by atoms with van der Waals surface area (Å²) in [6.07, 6.45) is 0. The molecule has 4 nitrogen and oxygen atoms in total. The van der Waals surface area contributed by atoms with Gasteiger partial charge in [-0.2, -0.15) is 0 Å². The molecule has 4 heteroatoms. The van der Waals surface area contributed by atoms with Gasteiger partial charge < -0.3 is 16.0 Å². The second kappa shape index (κ2) is 6.37. The molecule has 0 aliphatic heterocycles. The van der Waals surface area contributed by atoms with Gasteiger partial charge in [0.05, 0.1) is 6.04 Å². The van der Waals surface area contributed by atoms with E-state index < -0.39 is 6.04 Å². The first-order valence-electron chi connectivity index (χ1n) is 5.75. The van der Waals surface area contributed by atoms with Gasteiger partial charge in [0.1, 0.15) is 0 Å². The standard InChI is InChI=1S/C13H21N3O/c1-10(14)13(17)15-8-11-5-4-6-12(7-11)9-16(2)3/h4-7,10H,8-9,14H2,1-3H3,(H,15,17). The molecule has 94 valence electrons. The number of hydrogen-bond donors (Lipinski definition) is 2. The molecule has 1 amide bonds. The van der Waals surface area contributed by atoms with Gasteiger partial charge in [0.2, 0.25) is 5.91 Å². The lowest BCUT2D eigenvalue weighted by Crippen LogP contribution is -2.37. The lowest BCUT2D eigenvalue weighted by Gasteiger charge is -2.12. The molecule has 1 aromatic rings. The molecule has 0 aromatic heterocycles. The predicted molar refractivity (Wildman–Crippen MR) is 69.3 cm³/mol. The van der Waals surface area contributed by atoms with Crippen LogP contribution in [-0.4, -0.2) is 30.9 Å². The second-order valence-electron chi connectivity index (χ2n) is 4.56. The Morgan fingerprint density at radius 2 is 2.06 bits per heavy atom. The summed E-state index contributed by atoms with van der Waals surface area (Å²) in [4.78, 5) is 13.4. The van der Waals surface area contributed by atoms with E-state index in [2.05, 4.69) is 22.3 Å². The minimum atomic E-state index is -0.458. The van der Waals surface area contributed by atoms with Crippen LogP contribution < -0.4 is 11.1 Å². The van der Waals surface area contributed by atoms with Crippen molar-refractivity contribution < 1.29 is 4.79 Å². The van der Waals surface area contributed by atoms with Crippen molar-refractivity contribution >= 4 is 5.91 Å². The highest BCUT2D eigenvalue weighted by Gasteiger charge is 2.06. The number of amides is 1. The van der Waals surface area contributed by atoms with Gasteiger partial charge in [0.15, 0.2) is 0 Å². The van der Waals surface area contributed by atoms with Crippen LogP contribution >= 0.6 is 0 Å². The fourth-order valence-corrected chi connectivity index (χ4v) is 1.55. The van der Waals surface area contributed by atoms with Crippen molar-refractivity contribution in [3.05, 3.63) is 35.4 Å². The van der Waals surface area contributed by atoms with Crippen molar-refractivity contribution in [1.29, 1.82) is 0 Å². The Labute approximate surface area is 103 Å². The lowest BCUT2D eigenvalue weighted by atomic mass is 10.1. The van der Waals surface area contributed by atoms with E-state index >= 15 is 0 Å². The molecule has 3 N–H and O–H groups in total. The molecule has 0 saturated heterocycles. The molecule has 0 radical (unpaired) electrons. The molecule has 1 rings (SSSR count). The minimum Gasteiger partial charge on any atom is -0.351 e. The molecule has 0 saturated carbocycles. The van der Waals surface area contributed by atoms with Crippen LogP contribution in [-0.2, 0) is 17.9 Å². The van der Waals surface area contributed by atoms with Gasteiger partial charge in [-0.3, -0.25) is 4.79 Å². The van der Waals surface area contributed by atoms with Crippen molar-refractivity contribution in [1.82, 2.24) is 10.2 Å². The number of rotatable bonds is 5. The van der Waals surface area contributed by atoms with Crippen molar-refractivity contribution in [2.75, 3.05) is 14.1 Å². The number of nitrogens with two attached hydrogens (primary N) is 1. The van der Waals surface area contributed by atoms with E-state index in [1.54, 1.807) is 6.92 Å². The Morgan fingerprint density at radius 3 is 2.65 bits per heavy atom. The molecular formula is C13H21N3O. The van der Waals surface area contributed by atoms with Gasteiger partial charge in [-0.25, -0.2) is 0 Å². The molecular weight excluding hydrogens is 214 g/mol. The van der Waals surface area contributed by atoms with Gasteiger partial charge in [0, 0.05) is 13.1 Å². The highest BCUT2D eigenvalue weighted by atomic mass is 16.2. The zero-order valence-corrected chi connectivity index (χ0v) is 10.7. The first kappa shape index (κ1) is 13.7. The maximum atomic E-state index is 11.3. The van der Waals surface area contributed by atoms with Crippen molar-refractivity contribution in [2.24, 2.45) is 5.73 Å². The number of nitrogens with zero attached hydrogens (tertiary/aromatic N) is 1. The third-order valence-electron chi connectivity index (χ3n) is 2.37. The van der Waals surface area contributed by atoms with Crippen LogP contribution in [0.2, 0.25) is 0 Å².